The maximum absolute atomic E-state index is 5.11. The largest absolute Gasteiger partial charge is 0.228 e. The molecule has 2 heteroatoms. The maximum Gasteiger partial charge on any atom is 0.160 e. The molecule has 1 aromatic heterocycles. The van der Waals surface area contributed by atoms with E-state index in [2.05, 4.69) is 206 Å². The van der Waals surface area contributed by atoms with E-state index in [1.807, 2.05) is 12.1 Å². The first kappa shape index (κ1) is 33.6. The number of hydrogen-bond donors (Lipinski definition) is 0. The summed E-state index contributed by atoms with van der Waals surface area (Å²) in [6.45, 7) is 0. The Labute approximate surface area is 338 Å². The standard InChI is InChI=1S/C56H36N2/c1-3-12-37(13-4-1)38-26-32-44(33-27-38)56-57-53(42-14-5-2-6-15-42)36-54(58-56)43-30-24-40(25-31-43)39-22-28-41(29-23-39)45-16-7-8-17-46(45)49-34-35-52-48-19-10-9-18-47(48)50-20-11-21-51(49)55(50)52/h1-36H. The summed E-state index contributed by atoms with van der Waals surface area (Å²) < 4.78 is 0. The predicted molar refractivity (Wildman–Crippen MR) is 242 cm³/mol. The van der Waals surface area contributed by atoms with Crippen molar-refractivity contribution in [3.63, 3.8) is 0 Å². The van der Waals surface area contributed by atoms with Crippen molar-refractivity contribution in [1.29, 1.82) is 0 Å². The van der Waals surface area contributed by atoms with Crippen LogP contribution < -0.4 is 0 Å². The van der Waals surface area contributed by atoms with Gasteiger partial charge in [-0.05, 0) is 83.6 Å². The molecule has 1 aliphatic rings. The Bertz CT molecular complexity index is 3080. The van der Waals surface area contributed by atoms with Gasteiger partial charge in [-0.1, -0.05) is 212 Å². The second-order valence-corrected chi connectivity index (χ2v) is 14.9. The minimum atomic E-state index is 0.707. The van der Waals surface area contributed by atoms with Crippen LogP contribution in [0.4, 0.5) is 0 Å². The Hall–Kier alpha value is -7.68. The van der Waals surface area contributed by atoms with Crippen LogP contribution in [0.5, 0.6) is 0 Å². The van der Waals surface area contributed by atoms with Crippen LogP contribution >= 0.6 is 0 Å². The van der Waals surface area contributed by atoms with Crippen molar-refractivity contribution in [2.75, 3.05) is 0 Å². The molecule has 270 valence electrons. The number of benzene rings is 9. The van der Waals surface area contributed by atoms with Gasteiger partial charge in [0, 0.05) is 16.7 Å². The summed E-state index contributed by atoms with van der Waals surface area (Å²) in [6.07, 6.45) is 0. The van der Waals surface area contributed by atoms with Gasteiger partial charge in [-0.2, -0.15) is 0 Å². The molecule has 0 fully saturated rings. The minimum Gasteiger partial charge on any atom is -0.228 e. The molecule has 9 aromatic carbocycles. The smallest absolute Gasteiger partial charge is 0.160 e. The van der Waals surface area contributed by atoms with Gasteiger partial charge in [-0.15, -0.1) is 0 Å². The van der Waals surface area contributed by atoms with Gasteiger partial charge in [-0.3, -0.25) is 0 Å². The number of nitrogens with zero attached hydrogens (tertiary/aromatic N) is 2. The predicted octanol–water partition coefficient (Wildman–Crippen LogP) is 14.9. The van der Waals surface area contributed by atoms with Crippen molar-refractivity contribution in [3.8, 4) is 101 Å². The highest BCUT2D eigenvalue weighted by atomic mass is 14.9. The Morgan fingerprint density at radius 1 is 0.224 bits per heavy atom. The van der Waals surface area contributed by atoms with Crippen LogP contribution in [0.3, 0.4) is 0 Å². The first-order valence-corrected chi connectivity index (χ1v) is 19.8. The summed E-state index contributed by atoms with van der Waals surface area (Å²) in [5.74, 6) is 0.707. The molecular weight excluding hydrogens is 701 g/mol. The molecule has 2 nitrogen and oxygen atoms in total. The fraction of sp³-hybridized carbons (Fsp3) is 0. The number of rotatable bonds is 7. The summed E-state index contributed by atoms with van der Waals surface area (Å²) in [4.78, 5) is 10.2. The van der Waals surface area contributed by atoms with Crippen LogP contribution in [0.25, 0.3) is 111 Å². The average Bonchev–Trinajstić information content (AvgIpc) is 3.64. The number of hydrogen-bond acceptors (Lipinski definition) is 2. The summed E-state index contributed by atoms with van der Waals surface area (Å²) in [5.41, 5.74) is 19.8. The fourth-order valence-electron chi connectivity index (χ4n) is 8.61. The first-order chi connectivity index (χ1) is 28.7. The number of aromatic nitrogens is 2. The van der Waals surface area contributed by atoms with E-state index in [-0.39, 0.29) is 0 Å². The van der Waals surface area contributed by atoms with E-state index in [4.69, 9.17) is 9.97 Å². The van der Waals surface area contributed by atoms with Crippen molar-refractivity contribution in [2.24, 2.45) is 0 Å². The highest BCUT2D eigenvalue weighted by Crippen LogP contribution is 2.50. The summed E-state index contributed by atoms with van der Waals surface area (Å²) in [6, 6.07) is 78.1. The Morgan fingerprint density at radius 3 is 1.19 bits per heavy atom. The van der Waals surface area contributed by atoms with E-state index in [1.165, 1.54) is 72.0 Å². The molecule has 11 rings (SSSR count). The van der Waals surface area contributed by atoms with Crippen molar-refractivity contribution >= 4 is 10.8 Å². The van der Waals surface area contributed by atoms with Crippen LogP contribution in [-0.4, -0.2) is 9.97 Å². The average molecular weight is 737 g/mol. The van der Waals surface area contributed by atoms with E-state index in [0.29, 0.717) is 5.82 Å². The molecule has 0 aliphatic heterocycles. The molecule has 0 N–H and O–H groups in total. The van der Waals surface area contributed by atoms with E-state index in [9.17, 15) is 0 Å². The molecule has 0 saturated carbocycles. The lowest BCUT2D eigenvalue weighted by molar-refractivity contribution is 1.18. The van der Waals surface area contributed by atoms with Crippen LogP contribution in [0.15, 0.2) is 218 Å². The quantitative estimate of drug-likeness (QED) is 0.163. The van der Waals surface area contributed by atoms with Gasteiger partial charge in [0.05, 0.1) is 11.4 Å². The zero-order chi connectivity index (χ0) is 38.4. The molecule has 0 atom stereocenters. The van der Waals surface area contributed by atoms with Gasteiger partial charge < -0.3 is 0 Å². The van der Waals surface area contributed by atoms with Gasteiger partial charge in [0.15, 0.2) is 5.82 Å². The molecule has 0 amide bonds. The van der Waals surface area contributed by atoms with Crippen molar-refractivity contribution in [3.05, 3.63) is 218 Å². The Kier molecular flexibility index (Phi) is 8.19. The van der Waals surface area contributed by atoms with E-state index >= 15 is 0 Å². The minimum absolute atomic E-state index is 0.707. The van der Waals surface area contributed by atoms with Gasteiger partial charge >= 0.3 is 0 Å². The lowest BCUT2D eigenvalue weighted by atomic mass is 9.89. The van der Waals surface area contributed by atoms with E-state index < -0.39 is 0 Å². The van der Waals surface area contributed by atoms with Crippen LogP contribution in [-0.2, 0) is 0 Å². The highest BCUT2D eigenvalue weighted by molar-refractivity contribution is 6.19. The fourth-order valence-corrected chi connectivity index (χ4v) is 8.61. The molecule has 58 heavy (non-hydrogen) atoms. The van der Waals surface area contributed by atoms with Gasteiger partial charge in [-0.25, -0.2) is 9.97 Å². The zero-order valence-corrected chi connectivity index (χ0v) is 31.7. The molecule has 1 heterocycles. The molecule has 0 spiro atoms. The van der Waals surface area contributed by atoms with Crippen LogP contribution in [0.2, 0.25) is 0 Å². The Balaban J connectivity index is 0.905. The summed E-state index contributed by atoms with van der Waals surface area (Å²) >= 11 is 0. The molecule has 0 saturated heterocycles. The van der Waals surface area contributed by atoms with E-state index in [1.54, 1.807) is 0 Å². The topological polar surface area (TPSA) is 25.8 Å². The lowest BCUT2D eigenvalue weighted by Crippen LogP contribution is -1.96. The number of fused-ring (bicyclic) bond motifs is 3. The molecule has 1 aliphatic carbocycles. The Morgan fingerprint density at radius 2 is 0.603 bits per heavy atom. The monoisotopic (exact) mass is 736 g/mol. The third-order valence-corrected chi connectivity index (χ3v) is 11.5. The molecule has 0 radical (unpaired) electrons. The third-order valence-electron chi connectivity index (χ3n) is 11.5. The van der Waals surface area contributed by atoms with Crippen molar-refractivity contribution in [2.45, 2.75) is 0 Å². The molecule has 0 bridgehead atoms. The van der Waals surface area contributed by atoms with Crippen molar-refractivity contribution in [1.82, 2.24) is 9.97 Å². The van der Waals surface area contributed by atoms with E-state index in [0.717, 1.165) is 33.6 Å². The molecule has 10 aromatic rings. The van der Waals surface area contributed by atoms with Gasteiger partial charge in [0.25, 0.3) is 0 Å². The van der Waals surface area contributed by atoms with Gasteiger partial charge in [0.1, 0.15) is 0 Å². The first-order valence-electron chi connectivity index (χ1n) is 19.8. The third kappa shape index (κ3) is 5.91. The highest BCUT2D eigenvalue weighted by Gasteiger charge is 2.23. The van der Waals surface area contributed by atoms with Gasteiger partial charge in [0.2, 0.25) is 0 Å². The molecular formula is C56H36N2. The van der Waals surface area contributed by atoms with Crippen LogP contribution in [0, 0.1) is 0 Å². The summed E-state index contributed by atoms with van der Waals surface area (Å²) in [7, 11) is 0. The SMILES string of the molecule is c1ccc(-c2ccc(-c3nc(-c4ccccc4)cc(-c4ccc(-c5ccc(-c6ccccc6-c6ccc7c8c(cccc68)-c6ccccc6-7)cc5)cc4)n3)cc2)cc1. The lowest BCUT2D eigenvalue weighted by Gasteiger charge is -2.14. The molecule has 0 unspecified atom stereocenters. The van der Waals surface area contributed by atoms with Crippen molar-refractivity contribution < 1.29 is 0 Å². The maximum atomic E-state index is 5.11. The second kappa shape index (κ2) is 14.1. The second-order valence-electron chi connectivity index (χ2n) is 14.9. The normalized spacial score (nSPS) is 11.4. The zero-order valence-electron chi connectivity index (χ0n) is 31.7. The summed E-state index contributed by atoms with van der Waals surface area (Å²) in [5, 5.41) is 2.64. The van der Waals surface area contributed by atoms with Crippen LogP contribution in [0.1, 0.15) is 0 Å².